The van der Waals surface area contributed by atoms with Crippen LogP contribution in [0.5, 0.6) is 0 Å². The number of rotatable bonds is 5. The molecule has 9 nitrogen and oxygen atoms in total. The first-order valence-corrected chi connectivity index (χ1v) is 8.20. The number of aromatic nitrogens is 5. The van der Waals surface area contributed by atoms with Crippen LogP contribution in [-0.4, -0.2) is 30.8 Å². The molecule has 0 unspecified atom stereocenters. The van der Waals surface area contributed by atoms with Crippen molar-refractivity contribution in [3.8, 4) is 5.95 Å². The SMILES string of the molecule is Cc1cc(=O)[nH]c(-n2nc(C)c(CCC(=O)Nc3cc(C)on3)c2C)n1. The summed E-state index contributed by atoms with van der Waals surface area (Å²) < 4.78 is 6.52. The van der Waals surface area contributed by atoms with Crippen LogP contribution in [-0.2, 0) is 11.2 Å². The van der Waals surface area contributed by atoms with E-state index in [9.17, 15) is 9.59 Å². The fourth-order valence-corrected chi connectivity index (χ4v) is 2.78. The molecule has 0 fully saturated rings. The van der Waals surface area contributed by atoms with Gasteiger partial charge in [-0.3, -0.25) is 14.6 Å². The molecule has 0 atom stereocenters. The smallest absolute Gasteiger partial charge is 0.252 e. The highest BCUT2D eigenvalue weighted by Crippen LogP contribution is 2.18. The molecule has 3 aromatic rings. The van der Waals surface area contributed by atoms with Crippen LogP contribution >= 0.6 is 0 Å². The third-order valence-electron chi connectivity index (χ3n) is 4.00. The van der Waals surface area contributed by atoms with Crippen LogP contribution in [0.4, 0.5) is 5.82 Å². The first-order chi connectivity index (χ1) is 12.3. The highest BCUT2D eigenvalue weighted by molar-refractivity contribution is 5.89. The normalized spacial score (nSPS) is 10.9. The Morgan fingerprint density at radius 2 is 2.04 bits per heavy atom. The zero-order chi connectivity index (χ0) is 18.8. The number of hydrogen-bond acceptors (Lipinski definition) is 6. The molecule has 9 heteroatoms. The van der Waals surface area contributed by atoms with Crippen LogP contribution in [0.25, 0.3) is 5.95 Å². The van der Waals surface area contributed by atoms with Gasteiger partial charge in [0, 0.05) is 29.9 Å². The molecule has 0 saturated heterocycles. The lowest BCUT2D eigenvalue weighted by Gasteiger charge is -2.05. The van der Waals surface area contributed by atoms with Gasteiger partial charge in [-0.25, -0.2) is 9.67 Å². The van der Waals surface area contributed by atoms with Crippen LogP contribution in [0.15, 0.2) is 21.5 Å². The highest BCUT2D eigenvalue weighted by Gasteiger charge is 2.16. The summed E-state index contributed by atoms with van der Waals surface area (Å²) in [6, 6.07) is 3.08. The summed E-state index contributed by atoms with van der Waals surface area (Å²) in [6.07, 6.45) is 0.785. The Labute approximate surface area is 149 Å². The summed E-state index contributed by atoms with van der Waals surface area (Å²) in [5, 5.41) is 10.9. The molecule has 0 bridgehead atoms. The molecule has 0 aliphatic rings. The van der Waals surface area contributed by atoms with E-state index in [0.29, 0.717) is 29.6 Å². The Hall–Kier alpha value is -3.23. The summed E-state index contributed by atoms with van der Waals surface area (Å²) in [5.41, 5.74) is 2.95. The first-order valence-electron chi connectivity index (χ1n) is 8.20. The molecular weight excluding hydrogens is 336 g/mol. The third-order valence-corrected chi connectivity index (χ3v) is 4.00. The largest absolute Gasteiger partial charge is 0.360 e. The van der Waals surface area contributed by atoms with Crippen molar-refractivity contribution >= 4 is 11.7 Å². The Balaban J connectivity index is 1.75. The predicted molar refractivity (Wildman–Crippen MR) is 94.4 cm³/mol. The predicted octanol–water partition coefficient (Wildman–Crippen LogP) is 1.75. The lowest BCUT2D eigenvalue weighted by atomic mass is 10.1. The van der Waals surface area contributed by atoms with Crippen molar-refractivity contribution in [3.05, 3.63) is 50.9 Å². The van der Waals surface area contributed by atoms with E-state index >= 15 is 0 Å². The van der Waals surface area contributed by atoms with Gasteiger partial charge < -0.3 is 9.84 Å². The first kappa shape index (κ1) is 17.6. The molecule has 2 N–H and O–H groups in total. The Kier molecular flexibility index (Phi) is 4.70. The molecule has 0 aliphatic carbocycles. The molecule has 0 saturated carbocycles. The van der Waals surface area contributed by atoms with Gasteiger partial charge in [-0.15, -0.1) is 0 Å². The standard InChI is InChI=1S/C17H20N6O3/c1-9-7-16(25)20-17(18-9)23-12(4)13(11(3)21-23)5-6-15(24)19-14-8-10(2)26-22-14/h7-8H,5-6H2,1-4H3,(H,18,20,25)(H,19,22,24). The number of carbonyl (C=O) groups is 1. The minimum atomic E-state index is -0.233. The van der Waals surface area contributed by atoms with E-state index in [1.165, 1.54) is 6.07 Å². The van der Waals surface area contributed by atoms with Crippen LogP contribution in [0.2, 0.25) is 0 Å². The minimum Gasteiger partial charge on any atom is -0.360 e. The van der Waals surface area contributed by atoms with Crippen molar-refractivity contribution < 1.29 is 9.32 Å². The Bertz CT molecular complexity index is 1010. The summed E-state index contributed by atoms with van der Waals surface area (Å²) in [4.78, 5) is 30.8. The average molecular weight is 356 g/mol. The van der Waals surface area contributed by atoms with E-state index in [0.717, 1.165) is 17.0 Å². The molecule has 0 radical (unpaired) electrons. The summed E-state index contributed by atoms with van der Waals surface area (Å²) in [7, 11) is 0. The van der Waals surface area contributed by atoms with Gasteiger partial charge in [0.15, 0.2) is 5.82 Å². The van der Waals surface area contributed by atoms with Crippen LogP contribution in [0.3, 0.4) is 0 Å². The fourth-order valence-electron chi connectivity index (χ4n) is 2.78. The topological polar surface area (TPSA) is 119 Å². The molecule has 3 rings (SSSR count). The molecule has 0 aromatic carbocycles. The van der Waals surface area contributed by atoms with Gasteiger partial charge in [0.1, 0.15) is 5.76 Å². The van der Waals surface area contributed by atoms with Crippen molar-refractivity contribution in [1.29, 1.82) is 0 Å². The quantitative estimate of drug-likeness (QED) is 0.719. The number of aromatic amines is 1. The molecule has 0 aliphatic heterocycles. The third kappa shape index (κ3) is 3.71. The van der Waals surface area contributed by atoms with Crippen LogP contribution < -0.4 is 10.9 Å². The zero-order valence-electron chi connectivity index (χ0n) is 15.1. The summed E-state index contributed by atoms with van der Waals surface area (Å²) in [6.45, 7) is 7.26. The minimum absolute atomic E-state index is 0.160. The van der Waals surface area contributed by atoms with Crippen molar-refractivity contribution in [2.45, 2.75) is 40.5 Å². The molecular formula is C17H20N6O3. The Morgan fingerprint density at radius 1 is 1.27 bits per heavy atom. The lowest BCUT2D eigenvalue weighted by Crippen LogP contribution is -2.15. The number of aryl methyl sites for hydroxylation is 3. The van der Waals surface area contributed by atoms with E-state index in [4.69, 9.17) is 4.52 Å². The van der Waals surface area contributed by atoms with Gasteiger partial charge in [-0.1, -0.05) is 5.16 Å². The fraction of sp³-hybridized carbons (Fsp3) is 0.353. The molecule has 136 valence electrons. The van der Waals surface area contributed by atoms with E-state index in [-0.39, 0.29) is 17.9 Å². The number of nitrogens with one attached hydrogen (secondary N) is 2. The van der Waals surface area contributed by atoms with Gasteiger partial charge in [0.2, 0.25) is 11.9 Å². The maximum absolute atomic E-state index is 12.1. The number of amides is 1. The van der Waals surface area contributed by atoms with Crippen molar-refractivity contribution in [2.75, 3.05) is 5.32 Å². The summed E-state index contributed by atoms with van der Waals surface area (Å²) in [5.74, 6) is 1.24. The van der Waals surface area contributed by atoms with E-state index in [2.05, 4.69) is 25.5 Å². The second-order valence-corrected chi connectivity index (χ2v) is 6.14. The van der Waals surface area contributed by atoms with Gasteiger partial charge in [-0.2, -0.15) is 5.10 Å². The van der Waals surface area contributed by atoms with Gasteiger partial charge in [0.05, 0.1) is 5.69 Å². The van der Waals surface area contributed by atoms with E-state index < -0.39 is 0 Å². The summed E-state index contributed by atoms with van der Waals surface area (Å²) >= 11 is 0. The Morgan fingerprint density at radius 3 is 2.69 bits per heavy atom. The monoisotopic (exact) mass is 356 g/mol. The zero-order valence-corrected chi connectivity index (χ0v) is 15.1. The lowest BCUT2D eigenvalue weighted by molar-refractivity contribution is -0.116. The van der Waals surface area contributed by atoms with E-state index in [1.807, 2.05) is 13.8 Å². The number of carbonyl (C=O) groups excluding carboxylic acids is 1. The number of anilines is 1. The number of nitrogens with zero attached hydrogens (tertiary/aromatic N) is 4. The molecule has 1 amide bonds. The van der Waals surface area contributed by atoms with Gasteiger partial charge in [-0.05, 0) is 39.7 Å². The van der Waals surface area contributed by atoms with Crippen molar-refractivity contribution in [2.24, 2.45) is 0 Å². The molecule has 26 heavy (non-hydrogen) atoms. The second-order valence-electron chi connectivity index (χ2n) is 6.14. The number of H-pyrrole nitrogens is 1. The number of hydrogen-bond donors (Lipinski definition) is 2. The average Bonchev–Trinajstić information content (AvgIpc) is 3.08. The van der Waals surface area contributed by atoms with Crippen molar-refractivity contribution in [1.82, 2.24) is 24.9 Å². The van der Waals surface area contributed by atoms with Crippen molar-refractivity contribution in [3.63, 3.8) is 0 Å². The van der Waals surface area contributed by atoms with Gasteiger partial charge in [0.25, 0.3) is 5.56 Å². The maximum atomic E-state index is 12.1. The van der Waals surface area contributed by atoms with Gasteiger partial charge >= 0.3 is 0 Å². The van der Waals surface area contributed by atoms with Crippen LogP contribution in [0, 0.1) is 27.7 Å². The second kappa shape index (κ2) is 6.95. The van der Waals surface area contributed by atoms with Crippen LogP contribution in [0.1, 0.15) is 34.8 Å². The molecule has 0 spiro atoms. The maximum Gasteiger partial charge on any atom is 0.252 e. The van der Waals surface area contributed by atoms with E-state index in [1.54, 1.807) is 24.6 Å². The molecule has 3 heterocycles. The molecule has 3 aromatic heterocycles. The highest BCUT2D eigenvalue weighted by atomic mass is 16.5.